The van der Waals surface area contributed by atoms with E-state index in [1.165, 1.54) is 17.7 Å². The lowest BCUT2D eigenvalue weighted by Gasteiger charge is -2.09. The molecule has 0 aliphatic rings. The molecule has 0 saturated carbocycles. The summed E-state index contributed by atoms with van der Waals surface area (Å²) in [5, 5.41) is 3.26. The van der Waals surface area contributed by atoms with Gasteiger partial charge >= 0.3 is 0 Å². The second kappa shape index (κ2) is 6.34. The summed E-state index contributed by atoms with van der Waals surface area (Å²) >= 11 is 0. The molecule has 2 aromatic rings. The van der Waals surface area contributed by atoms with Gasteiger partial charge in [0.1, 0.15) is 17.3 Å². The van der Waals surface area contributed by atoms with Crippen LogP contribution in [0, 0.1) is 12.7 Å². The fraction of sp³-hybridized carbons (Fsp3) is 0.250. The number of hydrogen-bond donors (Lipinski definition) is 1. The molecule has 100 valence electrons. The van der Waals surface area contributed by atoms with Gasteiger partial charge in [-0.25, -0.2) is 4.39 Å². The predicted octanol–water partition coefficient (Wildman–Crippen LogP) is 4.04. The summed E-state index contributed by atoms with van der Waals surface area (Å²) < 4.78 is 18.9. The average molecular weight is 259 g/mol. The van der Waals surface area contributed by atoms with E-state index in [-0.39, 0.29) is 5.82 Å². The highest BCUT2D eigenvalue weighted by molar-refractivity contribution is 5.38. The molecule has 0 radical (unpaired) electrons. The summed E-state index contributed by atoms with van der Waals surface area (Å²) in [6, 6.07) is 12.4. The molecular weight excluding hydrogens is 241 g/mol. The maximum absolute atomic E-state index is 13.2. The van der Waals surface area contributed by atoms with Crippen LogP contribution in [0.5, 0.6) is 11.5 Å². The van der Waals surface area contributed by atoms with Crippen molar-refractivity contribution >= 4 is 0 Å². The summed E-state index contributed by atoms with van der Waals surface area (Å²) in [6.07, 6.45) is 0. The molecule has 0 atom stereocenters. The normalized spacial score (nSPS) is 10.5. The Labute approximate surface area is 113 Å². The second-order valence-corrected chi connectivity index (χ2v) is 4.44. The fourth-order valence-corrected chi connectivity index (χ4v) is 1.76. The van der Waals surface area contributed by atoms with Gasteiger partial charge in [-0.1, -0.05) is 25.1 Å². The Bertz CT molecular complexity index is 537. The van der Waals surface area contributed by atoms with Crippen molar-refractivity contribution in [1.82, 2.24) is 5.32 Å². The van der Waals surface area contributed by atoms with Gasteiger partial charge in [0.15, 0.2) is 0 Å². The lowest BCUT2D eigenvalue weighted by atomic mass is 10.2. The zero-order chi connectivity index (χ0) is 13.7. The van der Waals surface area contributed by atoms with Crippen molar-refractivity contribution in [3.8, 4) is 11.5 Å². The van der Waals surface area contributed by atoms with Gasteiger partial charge in [-0.15, -0.1) is 0 Å². The number of benzene rings is 2. The SMILES string of the molecule is CCNCc1ccc(Oc2cc(F)ccc2C)cc1. The van der Waals surface area contributed by atoms with E-state index in [0.717, 1.165) is 18.7 Å². The summed E-state index contributed by atoms with van der Waals surface area (Å²) in [5.74, 6) is 0.984. The van der Waals surface area contributed by atoms with Crippen LogP contribution in [0.1, 0.15) is 18.1 Å². The Morgan fingerprint density at radius 1 is 1.11 bits per heavy atom. The van der Waals surface area contributed by atoms with Crippen molar-refractivity contribution in [2.24, 2.45) is 0 Å². The van der Waals surface area contributed by atoms with E-state index in [0.29, 0.717) is 11.5 Å². The standard InChI is InChI=1S/C16H18FNO/c1-3-18-11-13-5-8-15(9-6-13)19-16-10-14(17)7-4-12(16)2/h4-10,18H,3,11H2,1-2H3. The summed E-state index contributed by atoms with van der Waals surface area (Å²) in [5.41, 5.74) is 2.11. The van der Waals surface area contributed by atoms with Gasteiger partial charge in [0.2, 0.25) is 0 Å². The molecule has 0 saturated heterocycles. The molecule has 19 heavy (non-hydrogen) atoms. The zero-order valence-corrected chi connectivity index (χ0v) is 11.2. The Balaban J connectivity index is 2.08. The van der Waals surface area contributed by atoms with E-state index >= 15 is 0 Å². The zero-order valence-electron chi connectivity index (χ0n) is 11.2. The molecular formula is C16H18FNO. The highest BCUT2D eigenvalue weighted by Gasteiger charge is 2.03. The average Bonchev–Trinajstić information content (AvgIpc) is 2.42. The monoisotopic (exact) mass is 259 g/mol. The van der Waals surface area contributed by atoms with Crippen LogP contribution in [0.15, 0.2) is 42.5 Å². The Morgan fingerprint density at radius 3 is 2.53 bits per heavy atom. The van der Waals surface area contributed by atoms with Crippen molar-refractivity contribution < 1.29 is 9.13 Å². The first kappa shape index (κ1) is 13.6. The largest absolute Gasteiger partial charge is 0.457 e. The van der Waals surface area contributed by atoms with Gasteiger partial charge in [0, 0.05) is 12.6 Å². The molecule has 0 aliphatic heterocycles. The van der Waals surface area contributed by atoms with Gasteiger partial charge < -0.3 is 10.1 Å². The van der Waals surface area contributed by atoms with Crippen molar-refractivity contribution in [1.29, 1.82) is 0 Å². The van der Waals surface area contributed by atoms with Crippen LogP contribution in [0.25, 0.3) is 0 Å². The number of aryl methyl sites for hydroxylation is 1. The lowest BCUT2D eigenvalue weighted by molar-refractivity contribution is 0.472. The molecule has 0 aliphatic carbocycles. The number of halogens is 1. The third kappa shape index (κ3) is 3.80. The smallest absolute Gasteiger partial charge is 0.133 e. The van der Waals surface area contributed by atoms with Crippen LogP contribution >= 0.6 is 0 Å². The van der Waals surface area contributed by atoms with Crippen LogP contribution in [0.4, 0.5) is 4.39 Å². The Morgan fingerprint density at radius 2 is 1.84 bits per heavy atom. The number of nitrogens with one attached hydrogen (secondary N) is 1. The summed E-state index contributed by atoms with van der Waals surface area (Å²) in [4.78, 5) is 0. The molecule has 1 N–H and O–H groups in total. The number of hydrogen-bond acceptors (Lipinski definition) is 2. The van der Waals surface area contributed by atoms with E-state index in [9.17, 15) is 4.39 Å². The molecule has 0 spiro atoms. The van der Waals surface area contributed by atoms with Gasteiger partial charge in [-0.05, 0) is 42.8 Å². The quantitative estimate of drug-likeness (QED) is 0.875. The van der Waals surface area contributed by atoms with E-state index in [4.69, 9.17) is 4.74 Å². The molecule has 3 heteroatoms. The van der Waals surface area contributed by atoms with E-state index in [1.807, 2.05) is 31.2 Å². The molecule has 0 aromatic heterocycles. The molecule has 0 heterocycles. The maximum atomic E-state index is 13.2. The topological polar surface area (TPSA) is 21.3 Å². The first-order valence-corrected chi connectivity index (χ1v) is 6.42. The minimum absolute atomic E-state index is 0.288. The van der Waals surface area contributed by atoms with Gasteiger partial charge in [-0.2, -0.15) is 0 Å². The van der Waals surface area contributed by atoms with E-state index in [1.54, 1.807) is 6.07 Å². The highest BCUT2D eigenvalue weighted by Crippen LogP contribution is 2.25. The second-order valence-electron chi connectivity index (χ2n) is 4.44. The lowest BCUT2D eigenvalue weighted by Crippen LogP contribution is -2.11. The predicted molar refractivity (Wildman–Crippen MR) is 75.0 cm³/mol. The van der Waals surface area contributed by atoms with Crippen LogP contribution in [0.2, 0.25) is 0 Å². The third-order valence-electron chi connectivity index (χ3n) is 2.88. The van der Waals surface area contributed by atoms with Crippen molar-refractivity contribution in [2.75, 3.05) is 6.54 Å². The molecule has 2 rings (SSSR count). The molecule has 0 bridgehead atoms. The Kier molecular flexibility index (Phi) is 4.53. The van der Waals surface area contributed by atoms with Crippen LogP contribution in [0.3, 0.4) is 0 Å². The Hall–Kier alpha value is -1.87. The maximum Gasteiger partial charge on any atom is 0.133 e. The number of ether oxygens (including phenoxy) is 1. The summed E-state index contributed by atoms with van der Waals surface area (Å²) in [6.45, 7) is 5.76. The van der Waals surface area contributed by atoms with Crippen molar-refractivity contribution in [3.05, 3.63) is 59.4 Å². The first-order valence-electron chi connectivity index (χ1n) is 6.42. The molecule has 0 unspecified atom stereocenters. The van der Waals surface area contributed by atoms with Crippen molar-refractivity contribution in [3.63, 3.8) is 0 Å². The highest BCUT2D eigenvalue weighted by atomic mass is 19.1. The van der Waals surface area contributed by atoms with Gasteiger partial charge in [-0.3, -0.25) is 0 Å². The summed E-state index contributed by atoms with van der Waals surface area (Å²) in [7, 11) is 0. The van der Waals surface area contributed by atoms with E-state index < -0.39 is 0 Å². The minimum Gasteiger partial charge on any atom is -0.457 e. The van der Waals surface area contributed by atoms with Gasteiger partial charge in [0.05, 0.1) is 0 Å². The molecule has 0 fully saturated rings. The van der Waals surface area contributed by atoms with Crippen LogP contribution in [-0.4, -0.2) is 6.54 Å². The molecule has 2 aromatic carbocycles. The van der Waals surface area contributed by atoms with Crippen LogP contribution < -0.4 is 10.1 Å². The molecule has 2 nitrogen and oxygen atoms in total. The number of rotatable bonds is 5. The molecule has 0 amide bonds. The van der Waals surface area contributed by atoms with E-state index in [2.05, 4.69) is 12.2 Å². The van der Waals surface area contributed by atoms with Gasteiger partial charge in [0.25, 0.3) is 0 Å². The minimum atomic E-state index is -0.288. The third-order valence-corrected chi connectivity index (χ3v) is 2.88. The first-order chi connectivity index (χ1) is 9.19. The van der Waals surface area contributed by atoms with Crippen molar-refractivity contribution in [2.45, 2.75) is 20.4 Å². The van der Waals surface area contributed by atoms with Crippen LogP contribution in [-0.2, 0) is 6.54 Å². The fourth-order valence-electron chi connectivity index (χ4n) is 1.76.